The lowest BCUT2D eigenvalue weighted by molar-refractivity contribution is 0.0827. The summed E-state index contributed by atoms with van der Waals surface area (Å²) in [5, 5.41) is 7.02. The quantitative estimate of drug-likeness (QED) is 0.546. The number of amides is 1. The third-order valence-corrected chi connectivity index (χ3v) is 6.11. The van der Waals surface area contributed by atoms with Crippen molar-refractivity contribution in [3.05, 3.63) is 35.4 Å². The van der Waals surface area contributed by atoms with E-state index < -0.39 is 0 Å². The second kappa shape index (κ2) is 10.6. The van der Waals surface area contributed by atoms with Crippen molar-refractivity contribution in [1.82, 2.24) is 20.4 Å². The van der Waals surface area contributed by atoms with E-state index in [1.165, 1.54) is 45.2 Å². The Kier molecular flexibility index (Phi) is 7.92. The van der Waals surface area contributed by atoms with E-state index in [1.54, 1.807) is 19.0 Å². The van der Waals surface area contributed by atoms with Crippen molar-refractivity contribution in [2.45, 2.75) is 44.6 Å². The minimum absolute atomic E-state index is 0.0423. The zero-order valence-corrected chi connectivity index (χ0v) is 18.3. The molecule has 1 aliphatic heterocycles. The number of rotatable bonds is 7. The SMILES string of the molecule is CN=C(NCCc1cccc(C(=O)N(C)C)c1)NC1CCN(CC2CCCC2)C1. The predicted octanol–water partition coefficient (Wildman–Crippen LogP) is 2.36. The molecule has 2 fully saturated rings. The molecule has 1 atom stereocenters. The Balaban J connectivity index is 1.41. The number of hydrogen-bond acceptors (Lipinski definition) is 3. The fraction of sp³-hybridized carbons (Fsp3) is 0.652. The summed E-state index contributed by atoms with van der Waals surface area (Å²) in [4.78, 5) is 20.8. The van der Waals surface area contributed by atoms with Crippen LogP contribution in [0.3, 0.4) is 0 Å². The van der Waals surface area contributed by atoms with Crippen molar-refractivity contribution in [2.24, 2.45) is 10.9 Å². The lowest BCUT2D eigenvalue weighted by Gasteiger charge is -2.21. The van der Waals surface area contributed by atoms with Gasteiger partial charge in [0.2, 0.25) is 0 Å². The highest BCUT2D eigenvalue weighted by molar-refractivity contribution is 5.94. The minimum atomic E-state index is 0.0423. The highest BCUT2D eigenvalue weighted by Gasteiger charge is 2.26. The topological polar surface area (TPSA) is 60.0 Å². The molecule has 1 unspecified atom stereocenters. The number of nitrogens with zero attached hydrogens (tertiary/aromatic N) is 3. The molecule has 0 spiro atoms. The molecular weight excluding hydrogens is 362 g/mol. The minimum Gasteiger partial charge on any atom is -0.356 e. The van der Waals surface area contributed by atoms with E-state index in [2.05, 4.69) is 26.6 Å². The van der Waals surface area contributed by atoms with Gasteiger partial charge in [0.15, 0.2) is 5.96 Å². The van der Waals surface area contributed by atoms with Crippen molar-refractivity contribution in [2.75, 3.05) is 47.3 Å². The molecule has 1 aromatic rings. The molecule has 1 aromatic carbocycles. The normalized spacial score (nSPS) is 20.8. The number of carbonyl (C=O) groups is 1. The highest BCUT2D eigenvalue weighted by atomic mass is 16.2. The molecule has 1 saturated carbocycles. The maximum atomic E-state index is 12.1. The van der Waals surface area contributed by atoms with Crippen LogP contribution in [-0.4, -0.2) is 75.0 Å². The van der Waals surface area contributed by atoms with Gasteiger partial charge in [-0.1, -0.05) is 25.0 Å². The van der Waals surface area contributed by atoms with Gasteiger partial charge in [-0.3, -0.25) is 9.79 Å². The van der Waals surface area contributed by atoms with Crippen molar-refractivity contribution in [3.63, 3.8) is 0 Å². The lowest BCUT2D eigenvalue weighted by atomic mass is 10.1. The van der Waals surface area contributed by atoms with Crippen LogP contribution in [0.15, 0.2) is 29.3 Å². The second-order valence-electron chi connectivity index (χ2n) is 8.69. The molecule has 29 heavy (non-hydrogen) atoms. The van der Waals surface area contributed by atoms with Crippen LogP contribution in [0.5, 0.6) is 0 Å². The van der Waals surface area contributed by atoms with Gasteiger partial charge in [0.1, 0.15) is 0 Å². The average Bonchev–Trinajstić information content (AvgIpc) is 3.39. The number of nitrogens with one attached hydrogen (secondary N) is 2. The standard InChI is InChI=1S/C23H37N5O/c1-24-23(26-21-12-14-28(17-21)16-19-7-4-5-8-19)25-13-11-18-9-6-10-20(15-18)22(29)27(2)3/h6,9-10,15,19,21H,4-5,7-8,11-14,16-17H2,1-3H3,(H2,24,25,26). The summed E-state index contributed by atoms with van der Waals surface area (Å²) >= 11 is 0. The molecule has 6 nitrogen and oxygen atoms in total. The van der Waals surface area contributed by atoms with Gasteiger partial charge < -0.3 is 20.4 Å². The number of carbonyl (C=O) groups excluding carboxylic acids is 1. The van der Waals surface area contributed by atoms with Crippen LogP contribution in [-0.2, 0) is 6.42 Å². The van der Waals surface area contributed by atoms with Gasteiger partial charge in [0, 0.05) is 58.9 Å². The van der Waals surface area contributed by atoms with Crippen molar-refractivity contribution in [1.29, 1.82) is 0 Å². The third kappa shape index (κ3) is 6.46. The predicted molar refractivity (Wildman–Crippen MR) is 119 cm³/mol. The van der Waals surface area contributed by atoms with E-state index in [-0.39, 0.29) is 5.91 Å². The first-order valence-corrected chi connectivity index (χ1v) is 11.1. The Morgan fingerprint density at radius 3 is 2.76 bits per heavy atom. The molecule has 6 heteroatoms. The van der Waals surface area contributed by atoms with Crippen LogP contribution in [0, 0.1) is 5.92 Å². The van der Waals surface area contributed by atoms with Crippen molar-refractivity contribution in [3.8, 4) is 0 Å². The molecule has 160 valence electrons. The first-order chi connectivity index (χ1) is 14.0. The van der Waals surface area contributed by atoms with E-state index >= 15 is 0 Å². The Bertz CT molecular complexity index is 696. The fourth-order valence-corrected chi connectivity index (χ4v) is 4.51. The molecule has 3 rings (SSSR count). The van der Waals surface area contributed by atoms with Crippen LogP contribution < -0.4 is 10.6 Å². The molecule has 2 aliphatic rings. The summed E-state index contributed by atoms with van der Waals surface area (Å²) in [6.45, 7) is 4.37. The zero-order valence-electron chi connectivity index (χ0n) is 18.3. The molecule has 0 aromatic heterocycles. The fourth-order valence-electron chi connectivity index (χ4n) is 4.51. The maximum Gasteiger partial charge on any atom is 0.253 e. The molecule has 2 N–H and O–H groups in total. The van der Waals surface area contributed by atoms with Gasteiger partial charge >= 0.3 is 0 Å². The van der Waals surface area contributed by atoms with Crippen molar-refractivity contribution >= 4 is 11.9 Å². The van der Waals surface area contributed by atoms with Gasteiger partial charge in [0.25, 0.3) is 5.91 Å². The number of aliphatic imine (C=N–C) groups is 1. The van der Waals surface area contributed by atoms with E-state index in [0.29, 0.717) is 6.04 Å². The van der Waals surface area contributed by atoms with Gasteiger partial charge in [-0.2, -0.15) is 0 Å². The van der Waals surface area contributed by atoms with Crippen LogP contribution in [0.25, 0.3) is 0 Å². The number of benzene rings is 1. The van der Waals surface area contributed by atoms with Gasteiger partial charge in [-0.25, -0.2) is 0 Å². The summed E-state index contributed by atoms with van der Waals surface area (Å²) in [6.07, 6.45) is 7.71. The summed E-state index contributed by atoms with van der Waals surface area (Å²) in [5.74, 6) is 1.83. The van der Waals surface area contributed by atoms with E-state index in [4.69, 9.17) is 0 Å². The largest absolute Gasteiger partial charge is 0.356 e. The third-order valence-electron chi connectivity index (χ3n) is 6.11. The molecular formula is C23H37N5O. The Morgan fingerprint density at radius 1 is 1.24 bits per heavy atom. The Hall–Kier alpha value is -2.08. The van der Waals surface area contributed by atoms with Crippen LogP contribution in [0.2, 0.25) is 0 Å². The molecule has 1 heterocycles. The maximum absolute atomic E-state index is 12.1. The van der Waals surface area contributed by atoms with Gasteiger partial charge in [-0.05, 0) is 49.3 Å². The van der Waals surface area contributed by atoms with E-state index in [0.717, 1.165) is 42.5 Å². The monoisotopic (exact) mass is 399 g/mol. The smallest absolute Gasteiger partial charge is 0.253 e. The number of likely N-dealkylation sites (tertiary alicyclic amines) is 1. The summed E-state index contributed by atoms with van der Waals surface area (Å²) in [5.41, 5.74) is 1.90. The Morgan fingerprint density at radius 2 is 2.03 bits per heavy atom. The zero-order chi connectivity index (χ0) is 20.6. The van der Waals surface area contributed by atoms with E-state index in [1.807, 2.05) is 25.2 Å². The lowest BCUT2D eigenvalue weighted by Crippen LogP contribution is -2.45. The molecule has 0 bridgehead atoms. The number of hydrogen-bond donors (Lipinski definition) is 2. The first kappa shape index (κ1) is 21.6. The second-order valence-corrected chi connectivity index (χ2v) is 8.69. The van der Waals surface area contributed by atoms with Crippen LogP contribution in [0.4, 0.5) is 0 Å². The molecule has 1 amide bonds. The van der Waals surface area contributed by atoms with Gasteiger partial charge in [0.05, 0.1) is 0 Å². The molecule has 0 radical (unpaired) electrons. The van der Waals surface area contributed by atoms with Crippen molar-refractivity contribution < 1.29 is 4.79 Å². The Labute approximate surface area is 175 Å². The summed E-state index contributed by atoms with van der Waals surface area (Å²) in [6, 6.07) is 8.36. The van der Waals surface area contributed by atoms with Crippen LogP contribution >= 0.6 is 0 Å². The van der Waals surface area contributed by atoms with Gasteiger partial charge in [-0.15, -0.1) is 0 Å². The summed E-state index contributed by atoms with van der Waals surface area (Å²) < 4.78 is 0. The highest BCUT2D eigenvalue weighted by Crippen LogP contribution is 2.26. The molecule has 1 aliphatic carbocycles. The van der Waals surface area contributed by atoms with Crippen LogP contribution in [0.1, 0.15) is 48.0 Å². The first-order valence-electron chi connectivity index (χ1n) is 11.1. The summed E-state index contributed by atoms with van der Waals surface area (Å²) in [7, 11) is 5.39. The molecule has 1 saturated heterocycles. The average molecular weight is 400 g/mol. The number of guanidine groups is 1. The van der Waals surface area contributed by atoms with E-state index in [9.17, 15) is 4.79 Å².